The lowest BCUT2D eigenvalue weighted by Gasteiger charge is -2.11. The number of hydrogen-bond donors (Lipinski definition) is 3. The summed E-state index contributed by atoms with van der Waals surface area (Å²) < 4.78 is 10.8. The van der Waals surface area contributed by atoms with E-state index in [0.717, 1.165) is 5.69 Å². The summed E-state index contributed by atoms with van der Waals surface area (Å²) in [7, 11) is 0. The Hall–Kier alpha value is -3.55. The third-order valence-corrected chi connectivity index (χ3v) is 3.27. The van der Waals surface area contributed by atoms with Crippen LogP contribution in [-0.4, -0.2) is 37.8 Å². The van der Waals surface area contributed by atoms with Crippen LogP contribution in [0.15, 0.2) is 53.6 Å². The van der Waals surface area contributed by atoms with Crippen molar-refractivity contribution in [3.63, 3.8) is 0 Å². The van der Waals surface area contributed by atoms with Gasteiger partial charge in [-0.25, -0.2) is 5.43 Å². The van der Waals surface area contributed by atoms with E-state index >= 15 is 0 Å². The third-order valence-electron chi connectivity index (χ3n) is 3.27. The largest absolute Gasteiger partial charge is 0.490 e. The molecule has 8 nitrogen and oxygen atoms in total. The van der Waals surface area contributed by atoms with E-state index in [0.29, 0.717) is 23.7 Å². The molecule has 0 heterocycles. The number of carbonyl (C=O) groups is 2. The van der Waals surface area contributed by atoms with Crippen LogP contribution in [-0.2, 0) is 9.59 Å². The van der Waals surface area contributed by atoms with Crippen molar-refractivity contribution >= 4 is 23.7 Å². The van der Waals surface area contributed by atoms with Gasteiger partial charge in [-0.3, -0.25) is 9.59 Å². The lowest BCUT2D eigenvalue weighted by Crippen LogP contribution is -2.25. The first kappa shape index (κ1) is 19.8. The molecule has 0 radical (unpaired) electrons. The van der Waals surface area contributed by atoms with Gasteiger partial charge in [0.05, 0.1) is 19.4 Å². The van der Waals surface area contributed by atoms with E-state index in [1.165, 1.54) is 6.21 Å². The molecule has 0 aliphatic carbocycles. The SMILES string of the molecule is CCOc1cc(/C=N/NC(=O)CNc2ccccc2)ccc1OCC(N)=O. The molecular formula is C19H22N4O4. The number of ether oxygens (including phenoxy) is 2. The zero-order valence-electron chi connectivity index (χ0n) is 15.0. The molecule has 0 spiro atoms. The molecule has 8 heteroatoms. The summed E-state index contributed by atoms with van der Waals surface area (Å²) in [6.07, 6.45) is 1.49. The maximum atomic E-state index is 11.8. The van der Waals surface area contributed by atoms with Gasteiger partial charge < -0.3 is 20.5 Å². The number of nitrogens with zero attached hydrogens (tertiary/aromatic N) is 1. The first-order valence-corrected chi connectivity index (χ1v) is 8.37. The number of primary amides is 1. The first-order chi connectivity index (χ1) is 13.1. The van der Waals surface area contributed by atoms with E-state index in [2.05, 4.69) is 15.8 Å². The van der Waals surface area contributed by atoms with Crippen LogP contribution in [0, 0.1) is 0 Å². The summed E-state index contributed by atoms with van der Waals surface area (Å²) in [6, 6.07) is 14.5. The third kappa shape index (κ3) is 7.07. The van der Waals surface area contributed by atoms with Gasteiger partial charge in [0, 0.05) is 5.69 Å². The van der Waals surface area contributed by atoms with Gasteiger partial charge in [-0.15, -0.1) is 0 Å². The van der Waals surface area contributed by atoms with Crippen molar-refractivity contribution in [2.45, 2.75) is 6.92 Å². The van der Waals surface area contributed by atoms with Crippen molar-refractivity contribution in [1.29, 1.82) is 0 Å². The van der Waals surface area contributed by atoms with Crippen LogP contribution in [0.25, 0.3) is 0 Å². The minimum Gasteiger partial charge on any atom is -0.490 e. The maximum absolute atomic E-state index is 11.8. The van der Waals surface area contributed by atoms with Crippen molar-refractivity contribution in [3.8, 4) is 11.5 Å². The second kappa shape index (κ2) is 10.4. The van der Waals surface area contributed by atoms with Crippen molar-refractivity contribution < 1.29 is 19.1 Å². The van der Waals surface area contributed by atoms with Gasteiger partial charge in [-0.1, -0.05) is 18.2 Å². The normalized spacial score (nSPS) is 10.4. The highest BCUT2D eigenvalue weighted by Crippen LogP contribution is 2.27. The highest BCUT2D eigenvalue weighted by atomic mass is 16.5. The second-order valence-corrected chi connectivity index (χ2v) is 5.41. The lowest BCUT2D eigenvalue weighted by molar-refractivity contribution is -0.120. The van der Waals surface area contributed by atoms with Gasteiger partial charge in [0.1, 0.15) is 0 Å². The Labute approximate surface area is 157 Å². The molecule has 4 N–H and O–H groups in total. The van der Waals surface area contributed by atoms with E-state index in [-0.39, 0.29) is 19.1 Å². The zero-order valence-corrected chi connectivity index (χ0v) is 15.0. The Kier molecular flexibility index (Phi) is 7.65. The van der Waals surface area contributed by atoms with E-state index in [1.807, 2.05) is 37.3 Å². The van der Waals surface area contributed by atoms with Gasteiger partial charge >= 0.3 is 0 Å². The number of nitrogens with two attached hydrogens (primary N) is 1. The predicted molar refractivity (Wildman–Crippen MR) is 103 cm³/mol. The summed E-state index contributed by atoms with van der Waals surface area (Å²) in [6.45, 7) is 2.12. The summed E-state index contributed by atoms with van der Waals surface area (Å²) in [5.74, 6) is 0.0140. The molecule has 0 fully saturated rings. The Balaban J connectivity index is 1.90. The van der Waals surface area contributed by atoms with Crippen LogP contribution in [0.5, 0.6) is 11.5 Å². The highest BCUT2D eigenvalue weighted by molar-refractivity contribution is 5.85. The monoisotopic (exact) mass is 370 g/mol. The van der Waals surface area contributed by atoms with E-state index in [1.54, 1.807) is 18.2 Å². The Morgan fingerprint density at radius 1 is 1.11 bits per heavy atom. The standard InChI is InChI=1S/C19H22N4O4/c1-2-26-17-10-14(8-9-16(17)27-13-18(20)24)11-22-23-19(25)12-21-15-6-4-3-5-7-15/h3-11,21H,2,12-13H2,1H3,(H2,20,24)(H,23,25)/b22-11+. The molecule has 2 aromatic rings. The predicted octanol–water partition coefficient (Wildman–Crippen LogP) is 1.51. The fourth-order valence-electron chi connectivity index (χ4n) is 2.10. The number of nitrogens with one attached hydrogen (secondary N) is 2. The molecule has 0 bridgehead atoms. The van der Waals surface area contributed by atoms with Crippen LogP contribution in [0.4, 0.5) is 5.69 Å². The van der Waals surface area contributed by atoms with Gasteiger partial charge in [0.15, 0.2) is 18.1 Å². The molecule has 0 aliphatic heterocycles. The molecule has 142 valence electrons. The first-order valence-electron chi connectivity index (χ1n) is 8.37. The second-order valence-electron chi connectivity index (χ2n) is 5.41. The summed E-state index contributed by atoms with van der Waals surface area (Å²) in [4.78, 5) is 22.7. The number of anilines is 1. The van der Waals surface area contributed by atoms with Crippen molar-refractivity contribution in [1.82, 2.24) is 5.43 Å². The fourth-order valence-corrected chi connectivity index (χ4v) is 2.10. The number of carbonyl (C=O) groups excluding carboxylic acids is 2. The van der Waals surface area contributed by atoms with Crippen LogP contribution in [0.2, 0.25) is 0 Å². The number of para-hydroxylation sites is 1. The zero-order chi connectivity index (χ0) is 19.5. The fraction of sp³-hybridized carbons (Fsp3) is 0.211. The quantitative estimate of drug-likeness (QED) is 0.433. The van der Waals surface area contributed by atoms with Crippen LogP contribution in [0.3, 0.4) is 0 Å². The molecular weight excluding hydrogens is 348 g/mol. The van der Waals surface area contributed by atoms with Crippen molar-refractivity contribution in [2.24, 2.45) is 10.8 Å². The Morgan fingerprint density at radius 2 is 1.89 bits per heavy atom. The average molecular weight is 370 g/mol. The minimum atomic E-state index is -0.574. The minimum absolute atomic E-state index is 0.103. The Bertz CT molecular complexity index is 794. The van der Waals surface area contributed by atoms with Gasteiger partial charge in [0.25, 0.3) is 11.8 Å². The van der Waals surface area contributed by atoms with Crippen LogP contribution >= 0.6 is 0 Å². The van der Waals surface area contributed by atoms with Crippen LogP contribution < -0.4 is 25.9 Å². The van der Waals surface area contributed by atoms with Crippen molar-refractivity contribution in [2.75, 3.05) is 25.1 Å². The number of hydrazone groups is 1. The topological polar surface area (TPSA) is 115 Å². The maximum Gasteiger partial charge on any atom is 0.259 e. The Morgan fingerprint density at radius 3 is 2.59 bits per heavy atom. The van der Waals surface area contributed by atoms with E-state index < -0.39 is 5.91 Å². The number of hydrogen-bond acceptors (Lipinski definition) is 6. The molecule has 0 unspecified atom stereocenters. The van der Waals surface area contributed by atoms with E-state index in [4.69, 9.17) is 15.2 Å². The summed E-state index contributed by atoms with van der Waals surface area (Å²) in [5.41, 5.74) is 9.07. The molecule has 2 aromatic carbocycles. The average Bonchev–Trinajstić information content (AvgIpc) is 2.67. The molecule has 0 aromatic heterocycles. The van der Waals surface area contributed by atoms with Gasteiger partial charge in [-0.2, -0.15) is 5.10 Å². The smallest absolute Gasteiger partial charge is 0.259 e. The summed E-state index contributed by atoms with van der Waals surface area (Å²) >= 11 is 0. The number of rotatable bonds is 10. The van der Waals surface area contributed by atoms with Crippen LogP contribution in [0.1, 0.15) is 12.5 Å². The highest BCUT2D eigenvalue weighted by Gasteiger charge is 2.07. The summed E-state index contributed by atoms with van der Waals surface area (Å²) in [5, 5.41) is 6.91. The van der Waals surface area contributed by atoms with Gasteiger partial charge in [-0.05, 0) is 42.8 Å². The number of amides is 2. The van der Waals surface area contributed by atoms with E-state index in [9.17, 15) is 9.59 Å². The van der Waals surface area contributed by atoms with Crippen molar-refractivity contribution in [3.05, 3.63) is 54.1 Å². The lowest BCUT2D eigenvalue weighted by atomic mass is 10.2. The molecule has 0 saturated heterocycles. The molecule has 0 atom stereocenters. The number of benzene rings is 2. The molecule has 27 heavy (non-hydrogen) atoms. The molecule has 0 aliphatic rings. The molecule has 2 amide bonds. The molecule has 0 saturated carbocycles. The van der Waals surface area contributed by atoms with Gasteiger partial charge in [0.2, 0.25) is 0 Å². The molecule has 2 rings (SSSR count).